The molecule has 0 spiro atoms. The third-order valence-corrected chi connectivity index (χ3v) is 6.36. The quantitative estimate of drug-likeness (QED) is 0.761. The van der Waals surface area contributed by atoms with E-state index in [2.05, 4.69) is 4.98 Å². The summed E-state index contributed by atoms with van der Waals surface area (Å²) >= 11 is 3.17. The Bertz CT molecular complexity index is 813. The lowest BCUT2D eigenvalue weighted by molar-refractivity contribution is -0.162. The van der Waals surface area contributed by atoms with Crippen molar-refractivity contribution in [1.82, 2.24) is 9.88 Å². The number of benzene rings is 1. The van der Waals surface area contributed by atoms with E-state index in [9.17, 15) is 14.7 Å². The Morgan fingerprint density at radius 2 is 2.00 bits per heavy atom. The molecule has 1 saturated heterocycles. The molecule has 1 aliphatic rings. The third kappa shape index (κ3) is 4.08. The van der Waals surface area contributed by atoms with E-state index in [0.29, 0.717) is 11.3 Å². The zero-order chi connectivity index (χ0) is 18.7. The standard InChI is InChI=1S/C18H20N2O4S2/c1-12-19-13(10-25-12)11-26-15-5-3-2-4-14(15)16(21)20-8-6-18(24,7-9-20)17(22)23/h2-5,10,24H,6-9,11H2,1H3,(H,22,23). The van der Waals surface area contributed by atoms with Crippen molar-refractivity contribution >= 4 is 35.0 Å². The molecule has 2 aromatic rings. The molecule has 26 heavy (non-hydrogen) atoms. The number of hydrogen-bond acceptors (Lipinski definition) is 6. The summed E-state index contributed by atoms with van der Waals surface area (Å²) in [5.41, 5.74) is -0.137. The van der Waals surface area contributed by atoms with Crippen LogP contribution in [0.25, 0.3) is 0 Å². The average molecular weight is 393 g/mol. The molecule has 1 aromatic heterocycles. The second-order valence-electron chi connectivity index (χ2n) is 6.27. The van der Waals surface area contributed by atoms with Crippen molar-refractivity contribution in [2.75, 3.05) is 13.1 Å². The number of thioether (sulfide) groups is 1. The van der Waals surface area contributed by atoms with Crippen LogP contribution in [0.3, 0.4) is 0 Å². The van der Waals surface area contributed by atoms with E-state index in [1.165, 1.54) is 0 Å². The molecular weight excluding hydrogens is 372 g/mol. The van der Waals surface area contributed by atoms with Crippen LogP contribution in [0.1, 0.15) is 33.9 Å². The minimum Gasteiger partial charge on any atom is -0.479 e. The number of carboxylic acid groups (broad SMARTS) is 1. The van der Waals surface area contributed by atoms with E-state index >= 15 is 0 Å². The number of aromatic nitrogens is 1. The zero-order valence-corrected chi connectivity index (χ0v) is 16.0. The van der Waals surface area contributed by atoms with Gasteiger partial charge in [0.05, 0.1) is 16.3 Å². The van der Waals surface area contributed by atoms with Crippen LogP contribution in [0.2, 0.25) is 0 Å². The summed E-state index contributed by atoms with van der Waals surface area (Å²) in [6.07, 6.45) is 0.0863. The monoisotopic (exact) mass is 392 g/mol. The van der Waals surface area contributed by atoms with Crippen LogP contribution in [-0.2, 0) is 10.5 Å². The minimum absolute atomic E-state index is 0.0431. The molecule has 0 saturated carbocycles. The number of likely N-dealkylation sites (tertiary alicyclic amines) is 1. The van der Waals surface area contributed by atoms with E-state index < -0.39 is 11.6 Å². The first-order valence-electron chi connectivity index (χ1n) is 8.27. The van der Waals surface area contributed by atoms with Crippen LogP contribution in [0.4, 0.5) is 0 Å². The number of carbonyl (C=O) groups is 2. The van der Waals surface area contributed by atoms with Gasteiger partial charge >= 0.3 is 5.97 Å². The fraction of sp³-hybridized carbons (Fsp3) is 0.389. The van der Waals surface area contributed by atoms with Gasteiger partial charge in [0.2, 0.25) is 0 Å². The second kappa shape index (κ2) is 7.77. The fourth-order valence-electron chi connectivity index (χ4n) is 2.86. The third-order valence-electron chi connectivity index (χ3n) is 4.44. The number of piperidine rings is 1. The Morgan fingerprint density at radius 3 is 2.62 bits per heavy atom. The maximum atomic E-state index is 12.9. The largest absolute Gasteiger partial charge is 0.479 e. The number of aliphatic hydroxyl groups is 1. The number of amides is 1. The topological polar surface area (TPSA) is 90.7 Å². The number of rotatable bonds is 5. The molecule has 6 nitrogen and oxygen atoms in total. The highest BCUT2D eigenvalue weighted by molar-refractivity contribution is 7.98. The molecule has 2 heterocycles. The molecule has 1 fully saturated rings. The van der Waals surface area contributed by atoms with Crippen LogP contribution in [-0.4, -0.2) is 50.7 Å². The number of carbonyl (C=O) groups excluding carboxylic acids is 1. The fourth-order valence-corrected chi connectivity index (χ4v) is 4.51. The van der Waals surface area contributed by atoms with Gasteiger partial charge in [-0.3, -0.25) is 4.79 Å². The maximum Gasteiger partial charge on any atom is 0.335 e. The second-order valence-corrected chi connectivity index (χ2v) is 8.35. The van der Waals surface area contributed by atoms with E-state index in [0.717, 1.165) is 15.6 Å². The molecule has 0 aliphatic carbocycles. The molecule has 0 atom stereocenters. The molecular formula is C18H20N2O4S2. The first-order chi connectivity index (χ1) is 12.4. The zero-order valence-electron chi connectivity index (χ0n) is 14.3. The van der Waals surface area contributed by atoms with Crippen molar-refractivity contribution in [3.8, 4) is 0 Å². The molecule has 0 bridgehead atoms. The number of aliphatic carboxylic acids is 1. The smallest absolute Gasteiger partial charge is 0.335 e. The van der Waals surface area contributed by atoms with Crippen LogP contribution in [0.15, 0.2) is 34.5 Å². The summed E-state index contributed by atoms with van der Waals surface area (Å²) in [4.78, 5) is 31.0. The molecule has 138 valence electrons. The molecule has 1 aliphatic heterocycles. The van der Waals surface area contributed by atoms with Gasteiger partial charge in [-0.1, -0.05) is 12.1 Å². The average Bonchev–Trinajstić information content (AvgIpc) is 3.05. The number of aryl methyl sites for hydroxylation is 1. The first-order valence-corrected chi connectivity index (χ1v) is 10.1. The molecule has 1 aromatic carbocycles. The van der Waals surface area contributed by atoms with Crippen molar-refractivity contribution in [3.63, 3.8) is 0 Å². The molecule has 8 heteroatoms. The normalized spacial score (nSPS) is 16.5. The van der Waals surface area contributed by atoms with Crippen LogP contribution in [0.5, 0.6) is 0 Å². The van der Waals surface area contributed by atoms with E-state index in [1.54, 1.807) is 34.1 Å². The Balaban J connectivity index is 1.69. The predicted molar refractivity (Wildman–Crippen MR) is 101 cm³/mol. The van der Waals surface area contributed by atoms with Crippen molar-refractivity contribution in [3.05, 3.63) is 45.9 Å². The highest BCUT2D eigenvalue weighted by Crippen LogP contribution is 2.29. The van der Waals surface area contributed by atoms with Gasteiger partial charge in [-0.2, -0.15) is 0 Å². The first kappa shape index (κ1) is 18.9. The van der Waals surface area contributed by atoms with Gasteiger partial charge in [0, 0.05) is 42.0 Å². The molecule has 0 radical (unpaired) electrons. The van der Waals surface area contributed by atoms with Gasteiger partial charge in [-0.25, -0.2) is 9.78 Å². The Hall–Kier alpha value is -1.90. The van der Waals surface area contributed by atoms with Crippen molar-refractivity contribution < 1.29 is 19.8 Å². The Kier molecular flexibility index (Phi) is 5.64. The van der Waals surface area contributed by atoms with Crippen molar-refractivity contribution in [2.24, 2.45) is 0 Å². The van der Waals surface area contributed by atoms with Gasteiger partial charge in [-0.15, -0.1) is 23.1 Å². The van der Waals surface area contributed by atoms with Crippen LogP contribution in [0, 0.1) is 6.92 Å². The van der Waals surface area contributed by atoms with Gasteiger partial charge < -0.3 is 15.1 Å². The number of thiazole rings is 1. The predicted octanol–water partition coefficient (Wildman–Crippen LogP) is 2.80. The molecule has 2 N–H and O–H groups in total. The van der Waals surface area contributed by atoms with Crippen molar-refractivity contribution in [2.45, 2.75) is 36.0 Å². The lowest BCUT2D eigenvalue weighted by Crippen LogP contribution is -2.50. The summed E-state index contributed by atoms with van der Waals surface area (Å²) in [5, 5.41) is 22.2. The number of hydrogen-bond donors (Lipinski definition) is 2. The van der Waals surface area contributed by atoms with Gasteiger partial charge in [-0.05, 0) is 19.1 Å². The minimum atomic E-state index is -1.73. The van der Waals surface area contributed by atoms with Gasteiger partial charge in [0.15, 0.2) is 5.60 Å². The summed E-state index contributed by atoms with van der Waals surface area (Å²) < 4.78 is 0. The maximum absolute atomic E-state index is 12.9. The lowest BCUT2D eigenvalue weighted by atomic mass is 9.91. The number of carboxylic acids is 1. The van der Waals surface area contributed by atoms with Crippen LogP contribution < -0.4 is 0 Å². The van der Waals surface area contributed by atoms with Gasteiger partial charge in [0.1, 0.15) is 0 Å². The summed E-state index contributed by atoms with van der Waals surface area (Å²) in [6, 6.07) is 7.41. The highest BCUT2D eigenvalue weighted by atomic mass is 32.2. The lowest BCUT2D eigenvalue weighted by Gasteiger charge is -2.35. The van der Waals surface area contributed by atoms with Crippen LogP contribution >= 0.6 is 23.1 Å². The summed E-state index contributed by atoms with van der Waals surface area (Å²) in [6.45, 7) is 2.42. The van der Waals surface area contributed by atoms with Crippen molar-refractivity contribution in [1.29, 1.82) is 0 Å². The Morgan fingerprint density at radius 1 is 1.31 bits per heavy atom. The summed E-state index contributed by atoms with van der Waals surface area (Å²) in [7, 11) is 0. The molecule has 0 unspecified atom stereocenters. The van der Waals surface area contributed by atoms with Gasteiger partial charge in [0.25, 0.3) is 5.91 Å². The summed E-state index contributed by atoms with van der Waals surface area (Å²) in [5.74, 6) is -0.665. The highest BCUT2D eigenvalue weighted by Gasteiger charge is 2.40. The molecule has 3 rings (SSSR count). The molecule has 1 amide bonds. The van der Waals surface area contributed by atoms with E-state index in [1.807, 2.05) is 30.5 Å². The Labute approximate surface area is 159 Å². The number of nitrogens with zero attached hydrogens (tertiary/aromatic N) is 2. The van der Waals surface area contributed by atoms with E-state index in [-0.39, 0.29) is 31.8 Å². The SMILES string of the molecule is Cc1nc(CSc2ccccc2C(=O)N2CCC(O)(C(=O)O)CC2)cs1. The van der Waals surface area contributed by atoms with E-state index in [4.69, 9.17) is 5.11 Å².